The number of carbonyl (C=O) groups is 1. The van der Waals surface area contributed by atoms with E-state index >= 15 is 0 Å². The molecule has 3 heterocycles. The van der Waals surface area contributed by atoms with Gasteiger partial charge in [0.25, 0.3) is 0 Å². The number of carbonyl (C=O) groups excluding carboxylic acids is 1. The summed E-state index contributed by atoms with van der Waals surface area (Å²) >= 11 is 0. The lowest BCUT2D eigenvalue weighted by atomic mass is 9.94. The van der Waals surface area contributed by atoms with Crippen LogP contribution in [0.5, 0.6) is 0 Å². The zero-order chi connectivity index (χ0) is 20.5. The summed E-state index contributed by atoms with van der Waals surface area (Å²) in [7, 11) is 0. The number of rotatable bonds is 4. The highest BCUT2D eigenvalue weighted by atomic mass is 16.2. The molecule has 2 fully saturated rings. The molecule has 8 nitrogen and oxygen atoms in total. The van der Waals surface area contributed by atoms with Crippen LogP contribution < -0.4 is 16.0 Å². The summed E-state index contributed by atoms with van der Waals surface area (Å²) in [6.45, 7) is 7.27. The number of benzene rings is 1. The van der Waals surface area contributed by atoms with Crippen LogP contribution in [0.4, 0.5) is 5.69 Å². The van der Waals surface area contributed by atoms with E-state index in [-0.39, 0.29) is 24.0 Å². The van der Waals surface area contributed by atoms with Gasteiger partial charge in [-0.15, -0.1) is 0 Å². The highest BCUT2D eigenvalue weighted by Gasteiger charge is 2.33. The number of nitrogens with zero attached hydrogens (tertiary/aromatic N) is 5. The molecule has 0 bridgehead atoms. The fraction of sp³-hybridized carbons (Fsp3) is 0.524. The molecule has 1 unspecified atom stereocenters. The fourth-order valence-corrected chi connectivity index (χ4v) is 4.39. The van der Waals surface area contributed by atoms with Gasteiger partial charge < -0.3 is 16.0 Å². The number of likely N-dealkylation sites (tertiary alicyclic amines) is 1. The Balaban J connectivity index is 1.52. The molecule has 3 atom stereocenters. The van der Waals surface area contributed by atoms with E-state index in [1.165, 1.54) is 0 Å². The first-order valence-electron chi connectivity index (χ1n) is 10.1. The Labute approximate surface area is 170 Å². The molecule has 3 N–H and O–H groups in total. The molecule has 8 heteroatoms. The molecule has 1 aromatic carbocycles. The quantitative estimate of drug-likeness (QED) is 0.792. The number of amides is 1. The van der Waals surface area contributed by atoms with Crippen LogP contribution in [-0.4, -0.2) is 65.1 Å². The Morgan fingerprint density at radius 2 is 1.97 bits per heavy atom. The van der Waals surface area contributed by atoms with Crippen molar-refractivity contribution in [2.24, 2.45) is 11.7 Å². The number of fused-ring (bicyclic) bond motifs is 1. The molecule has 29 heavy (non-hydrogen) atoms. The van der Waals surface area contributed by atoms with E-state index < -0.39 is 0 Å². The molecule has 1 amide bonds. The molecule has 2 aromatic rings. The maximum Gasteiger partial charge on any atom is 0.237 e. The van der Waals surface area contributed by atoms with Crippen LogP contribution in [0.15, 0.2) is 24.5 Å². The number of anilines is 1. The molecular weight excluding hydrogens is 366 g/mol. The summed E-state index contributed by atoms with van der Waals surface area (Å²) in [5.74, 6) is 0.476. The third-order valence-corrected chi connectivity index (χ3v) is 5.94. The molecule has 2 aliphatic rings. The van der Waals surface area contributed by atoms with Crippen LogP contribution in [0.3, 0.4) is 0 Å². The highest BCUT2D eigenvalue weighted by molar-refractivity contribution is 5.92. The topological polar surface area (TPSA) is 111 Å². The van der Waals surface area contributed by atoms with Crippen molar-refractivity contribution in [1.82, 2.24) is 20.2 Å². The van der Waals surface area contributed by atoms with E-state index in [2.05, 4.69) is 38.1 Å². The van der Waals surface area contributed by atoms with Crippen LogP contribution in [-0.2, 0) is 4.79 Å². The lowest BCUT2D eigenvalue weighted by molar-refractivity contribution is -0.128. The van der Waals surface area contributed by atoms with Crippen molar-refractivity contribution in [3.05, 3.63) is 30.1 Å². The van der Waals surface area contributed by atoms with Gasteiger partial charge in [0.1, 0.15) is 17.1 Å². The Kier molecular flexibility index (Phi) is 5.35. The summed E-state index contributed by atoms with van der Waals surface area (Å²) in [4.78, 5) is 25.9. The van der Waals surface area contributed by atoms with Crippen molar-refractivity contribution in [2.45, 2.75) is 38.4 Å². The van der Waals surface area contributed by atoms with Gasteiger partial charge in [-0.2, -0.15) is 5.26 Å². The van der Waals surface area contributed by atoms with Crippen molar-refractivity contribution in [1.29, 1.82) is 5.26 Å². The largest absolute Gasteiger partial charge is 0.367 e. The second-order valence-corrected chi connectivity index (χ2v) is 8.34. The van der Waals surface area contributed by atoms with Gasteiger partial charge in [0.2, 0.25) is 5.91 Å². The number of nitrogens with two attached hydrogens (primary N) is 1. The maximum absolute atomic E-state index is 12.7. The number of nitriles is 1. The molecule has 1 aromatic heterocycles. The molecule has 0 aliphatic carbocycles. The first kappa shape index (κ1) is 19.6. The Hall–Kier alpha value is -2.76. The standard InChI is InChI=1S/C21H27N7O/c1-13-7-17(26-21(29)14(2)27-10-16(23)11-27)12-28(9-13)18-4-3-15(8-22)19-20(18)25-6-5-24-19/h3-6,13-14,16-17H,7,9-12,23H2,1-2H3,(H,26,29)/t13-,14?,17-/m1/s1. The molecule has 2 aliphatic heterocycles. The molecule has 4 rings (SSSR count). The van der Waals surface area contributed by atoms with Crippen LogP contribution in [0.2, 0.25) is 0 Å². The van der Waals surface area contributed by atoms with Gasteiger partial charge in [-0.1, -0.05) is 6.92 Å². The highest BCUT2D eigenvalue weighted by Crippen LogP contribution is 2.30. The first-order chi connectivity index (χ1) is 14.0. The summed E-state index contributed by atoms with van der Waals surface area (Å²) in [6.07, 6.45) is 4.20. The normalized spacial score (nSPS) is 24.0. The smallest absolute Gasteiger partial charge is 0.237 e. The van der Waals surface area contributed by atoms with Gasteiger partial charge in [0.15, 0.2) is 0 Å². The minimum atomic E-state index is -0.165. The van der Waals surface area contributed by atoms with Crippen LogP contribution in [0.25, 0.3) is 11.0 Å². The Bertz CT molecular complexity index is 950. The molecule has 2 saturated heterocycles. The zero-order valence-corrected chi connectivity index (χ0v) is 16.9. The predicted molar refractivity (Wildman–Crippen MR) is 111 cm³/mol. The van der Waals surface area contributed by atoms with Crippen LogP contribution in [0, 0.1) is 17.2 Å². The van der Waals surface area contributed by atoms with Gasteiger partial charge in [0, 0.05) is 50.7 Å². The number of nitrogens with one attached hydrogen (secondary N) is 1. The SMILES string of the molecule is CC(C(=O)N[C@@H]1C[C@@H](C)CN(c2ccc(C#N)c3nccnc23)C1)N1CC(N)C1. The van der Waals surface area contributed by atoms with Gasteiger partial charge in [-0.3, -0.25) is 19.7 Å². The lowest BCUT2D eigenvalue weighted by Gasteiger charge is -2.42. The molecule has 0 saturated carbocycles. The number of aromatic nitrogens is 2. The third-order valence-electron chi connectivity index (χ3n) is 5.94. The Morgan fingerprint density at radius 1 is 1.24 bits per heavy atom. The summed E-state index contributed by atoms with van der Waals surface area (Å²) < 4.78 is 0. The second-order valence-electron chi connectivity index (χ2n) is 8.34. The lowest BCUT2D eigenvalue weighted by Crippen LogP contribution is -2.63. The van der Waals surface area contributed by atoms with Crippen molar-refractivity contribution in [2.75, 3.05) is 31.1 Å². The van der Waals surface area contributed by atoms with Crippen molar-refractivity contribution in [3.8, 4) is 6.07 Å². The minimum Gasteiger partial charge on any atom is -0.367 e. The Morgan fingerprint density at radius 3 is 2.66 bits per heavy atom. The number of hydrogen-bond donors (Lipinski definition) is 2. The monoisotopic (exact) mass is 393 g/mol. The summed E-state index contributed by atoms with van der Waals surface area (Å²) in [5, 5.41) is 12.6. The van der Waals surface area contributed by atoms with E-state index in [9.17, 15) is 10.1 Å². The first-order valence-corrected chi connectivity index (χ1v) is 10.1. The average Bonchev–Trinajstić information content (AvgIpc) is 2.69. The van der Waals surface area contributed by atoms with Crippen LogP contribution >= 0.6 is 0 Å². The van der Waals surface area contributed by atoms with Crippen molar-refractivity contribution in [3.63, 3.8) is 0 Å². The average molecular weight is 393 g/mol. The zero-order valence-electron chi connectivity index (χ0n) is 16.9. The number of piperidine rings is 1. The van der Waals surface area contributed by atoms with Gasteiger partial charge in [0.05, 0.1) is 17.3 Å². The molecule has 152 valence electrons. The van der Waals surface area contributed by atoms with E-state index in [0.29, 0.717) is 23.5 Å². The molecular formula is C21H27N7O. The van der Waals surface area contributed by atoms with Gasteiger partial charge in [-0.05, 0) is 31.4 Å². The number of hydrogen-bond acceptors (Lipinski definition) is 7. The predicted octanol–water partition coefficient (Wildman–Crippen LogP) is 0.864. The van der Waals surface area contributed by atoms with Crippen LogP contribution in [0.1, 0.15) is 25.8 Å². The van der Waals surface area contributed by atoms with E-state index in [4.69, 9.17) is 5.73 Å². The fourth-order valence-electron chi connectivity index (χ4n) is 4.39. The van der Waals surface area contributed by atoms with E-state index in [0.717, 1.165) is 37.3 Å². The van der Waals surface area contributed by atoms with Crippen molar-refractivity contribution >= 4 is 22.6 Å². The van der Waals surface area contributed by atoms with E-state index in [1.807, 2.05) is 13.0 Å². The third kappa shape index (κ3) is 3.88. The minimum absolute atomic E-state index is 0.0560. The summed E-state index contributed by atoms with van der Waals surface area (Å²) in [5.41, 5.74) is 8.68. The van der Waals surface area contributed by atoms with Gasteiger partial charge >= 0.3 is 0 Å². The summed E-state index contributed by atoms with van der Waals surface area (Å²) in [6, 6.07) is 6.01. The molecule has 0 radical (unpaired) electrons. The second kappa shape index (κ2) is 7.93. The van der Waals surface area contributed by atoms with Crippen molar-refractivity contribution < 1.29 is 4.79 Å². The van der Waals surface area contributed by atoms with E-state index in [1.54, 1.807) is 18.5 Å². The molecule has 0 spiro atoms. The maximum atomic E-state index is 12.7. The van der Waals surface area contributed by atoms with Gasteiger partial charge in [-0.25, -0.2) is 0 Å².